The van der Waals surface area contributed by atoms with Crippen LogP contribution >= 0.6 is 0 Å². The molecule has 0 saturated carbocycles. The van der Waals surface area contributed by atoms with Gasteiger partial charge in [0.25, 0.3) is 0 Å². The van der Waals surface area contributed by atoms with Crippen molar-refractivity contribution >= 4 is 0 Å². The first-order chi connectivity index (χ1) is 5.26. The zero-order valence-corrected chi connectivity index (χ0v) is 7.03. The summed E-state index contributed by atoms with van der Waals surface area (Å²) in [5, 5.41) is 17.8. The molecule has 1 rings (SSSR count). The van der Waals surface area contributed by atoms with Crippen LogP contribution in [-0.2, 0) is 0 Å². The summed E-state index contributed by atoms with van der Waals surface area (Å²) in [6, 6.07) is 0. The summed E-state index contributed by atoms with van der Waals surface area (Å²) in [6.45, 7) is 2.43. The van der Waals surface area contributed by atoms with Crippen molar-refractivity contribution in [3.63, 3.8) is 0 Å². The third-order valence-corrected chi connectivity index (χ3v) is 2.32. The van der Waals surface area contributed by atoms with Crippen molar-refractivity contribution in [1.82, 2.24) is 4.90 Å². The topological polar surface area (TPSA) is 43.7 Å². The highest BCUT2D eigenvalue weighted by Gasteiger charge is 2.23. The Bertz CT molecular complexity index is 107. The quantitative estimate of drug-likeness (QED) is 0.573. The summed E-state index contributed by atoms with van der Waals surface area (Å²) in [6.07, 6.45) is 0.970. The minimum absolute atomic E-state index is 0.251. The second-order valence-corrected chi connectivity index (χ2v) is 3.55. The van der Waals surface area contributed by atoms with Gasteiger partial charge in [-0.1, -0.05) is 0 Å². The highest BCUT2D eigenvalue weighted by atomic mass is 16.3. The van der Waals surface area contributed by atoms with E-state index in [2.05, 4.69) is 4.90 Å². The predicted molar refractivity (Wildman–Crippen MR) is 43.3 cm³/mol. The Morgan fingerprint density at radius 3 is 2.00 bits per heavy atom. The molecule has 2 N–H and O–H groups in total. The minimum Gasteiger partial charge on any atom is -0.396 e. The van der Waals surface area contributed by atoms with Crippen LogP contribution in [0.2, 0.25) is 0 Å². The third-order valence-electron chi connectivity index (χ3n) is 2.32. The van der Waals surface area contributed by atoms with Gasteiger partial charge in [-0.15, -0.1) is 0 Å². The van der Waals surface area contributed by atoms with Crippen LogP contribution in [0.5, 0.6) is 0 Å². The molecule has 1 aliphatic heterocycles. The van der Waals surface area contributed by atoms with Crippen LogP contribution in [0.1, 0.15) is 6.42 Å². The first-order valence-electron chi connectivity index (χ1n) is 4.16. The Hall–Kier alpha value is -0.120. The average Bonchev–Trinajstić information content (AvgIpc) is 2.03. The molecule has 0 radical (unpaired) electrons. The molecule has 0 aromatic heterocycles. The smallest absolute Gasteiger partial charge is 0.0471 e. The van der Waals surface area contributed by atoms with E-state index in [4.69, 9.17) is 10.2 Å². The Labute approximate surface area is 67.6 Å². The van der Waals surface area contributed by atoms with Gasteiger partial charge < -0.3 is 15.1 Å². The minimum atomic E-state index is 0.251. The number of hydrogen-bond donors (Lipinski definition) is 2. The molecule has 66 valence electrons. The van der Waals surface area contributed by atoms with E-state index < -0.39 is 0 Å². The highest BCUT2D eigenvalue weighted by molar-refractivity contribution is 4.76. The van der Waals surface area contributed by atoms with E-state index in [-0.39, 0.29) is 13.2 Å². The van der Waals surface area contributed by atoms with Crippen molar-refractivity contribution in [2.75, 3.05) is 33.4 Å². The van der Waals surface area contributed by atoms with Gasteiger partial charge in [0.15, 0.2) is 0 Å². The molecule has 0 aromatic carbocycles. The molecule has 0 aliphatic carbocycles. The van der Waals surface area contributed by atoms with Gasteiger partial charge >= 0.3 is 0 Å². The number of rotatable bonds is 2. The van der Waals surface area contributed by atoms with Crippen LogP contribution in [0.3, 0.4) is 0 Å². The molecule has 0 amide bonds. The second kappa shape index (κ2) is 4.04. The van der Waals surface area contributed by atoms with E-state index >= 15 is 0 Å². The van der Waals surface area contributed by atoms with Gasteiger partial charge in [-0.3, -0.25) is 0 Å². The molecule has 0 bridgehead atoms. The summed E-state index contributed by atoms with van der Waals surface area (Å²) in [5.74, 6) is 0.733. The van der Waals surface area contributed by atoms with E-state index in [0.29, 0.717) is 11.8 Å². The molecular formula is C8H17NO2. The summed E-state index contributed by atoms with van der Waals surface area (Å²) >= 11 is 0. The van der Waals surface area contributed by atoms with Crippen molar-refractivity contribution in [1.29, 1.82) is 0 Å². The van der Waals surface area contributed by atoms with Gasteiger partial charge in [0.05, 0.1) is 0 Å². The second-order valence-electron chi connectivity index (χ2n) is 3.55. The van der Waals surface area contributed by atoms with Crippen LogP contribution in [0.15, 0.2) is 0 Å². The van der Waals surface area contributed by atoms with Gasteiger partial charge in [-0.2, -0.15) is 0 Å². The fraction of sp³-hybridized carbons (Fsp3) is 1.00. The van der Waals surface area contributed by atoms with Crippen molar-refractivity contribution < 1.29 is 10.2 Å². The highest BCUT2D eigenvalue weighted by Crippen LogP contribution is 2.19. The van der Waals surface area contributed by atoms with Crippen LogP contribution < -0.4 is 0 Å². The van der Waals surface area contributed by atoms with Crippen LogP contribution in [0.4, 0.5) is 0 Å². The van der Waals surface area contributed by atoms with E-state index in [1.54, 1.807) is 0 Å². The predicted octanol–water partition coefficient (Wildman–Crippen LogP) is -0.461. The largest absolute Gasteiger partial charge is 0.396 e. The Morgan fingerprint density at radius 2 is 1.64 bits per heavy atom. The Morgan fingerprint density at radius 1 is 1.18 bits per heavy atom. The van der Waals surface area contributed by atoms with E-state index in [9.17, 15) is 0 Å². The third kappa shape index (κ3) is 2.43. The molecule has 1 saturated heterocycles. The van der Waals surface area contributed by atoms with Crippen LogP contribution in [0, 0.1) is 11.8 Å². The maximum atomic E-state index is 8.91. The molecule has 3 nitrogen and oxygen atoms in total. The molecular weight excluding hydrogens is 142 g/mol. The first-order valence-corrected chi connectivity index (χ1v) is 4.16. The summed E-state index contributed by atoms with van der Waals surface area (Å²) in [5.41, 5.74) is 0. The number of nitrogens with zero attached hydrogens (tertiary/aromatic N) is 1. The molecule has 2 atom stereocenters. The molecule has 1 heterocycles. The SMILES string of the molecule is CN1CC(CO)CC(CO)C1. The number of aliphatic hydroxyl groups is 2. The van der Waals surface area contributed by atoms with Gasteiger partial charge in [0, 0.05) is 26.3 Å². The molecule has 1 fully saturated rings. The van der Waals surface area contributed by atoms with Crippen molar-refractivity contribution in [2.24, 2.45) is 11.8 Å². The fourth-order valence-electron chi connectivity index (χ4n) is 1.84. The zero-order chi connectivity index (χ0) is 8.27. The molecule has 3 heteroatoms. The van der Waals surface area contributed by atoms with Crippen LogP contribution in [-0.4, -0.2) is 48.5 Å². The average molecular weight is 159 g/mol. The van der Waals surface area contributed by atoms with Crippen molar-refractivity contribution in [2.45, 2.75) is 6.42 Å². The van der Waals surface area contributed by atoms with Crippen molar-refractivity contribution in [3.8, 4) is 0 Å². The molecule has 1 aliphatic rings. The van der Waals surface area contributed by atoms with Crippen molar-refractivity contribution in [3.05, 3.63) is 0 Å². The molecule has 2 unspecified atom stereocenters. The number of aliphatic hydroxyl groups excluding tert-OH is 2. The molecule has 11 heavy (non-hydrogen) atoms. The summed E-state index contributed by atoms with van der Waals surface area (Å²) in [4.78, 5) is 2.17. The Balaban J connectivity index is 2.37. The number of hydrogen-bond acceptors (Lipinski definition) is 3. The lowest BCUT2D eigenvalue weighted by atomic mass is 9.91. The van der Waals surface area contributed by atoms with E-state index in [1.165, 1.54) is 0 Å². The van der Waals surface area contributed by atoms with Gasteiger partial charge in [0.2, 0.25) is 0 Å². The molecule has 0 spiro atoms. The summed E-state index contributed by atoms with van der Waals surface area (Å²) < 4.78 is 0. The van der Waals surface area contributed by atoms with Gasteiger partial charge in [-0.05, 0) is 25.3 Å². The zero-order valence-electron chi connectivity index (χ0n) is 7.03. The first kappa shape index (κ1) is 8.97. The lowest BCUT2D eigenvalue weighted by Crippen LogP contribution is -2.40. The maximum absolute atomic E-state index is 8.91. The maximum Gasteiger partial charge on any atom is 0.0471 e. The number of piperidine rings is 1. The Kier molecular flexibility index (Phi) is 3.30. The van der Waals surface area contributed by atoms with E-state index in [0.717, 1.165) is 19.5 Å². The van der Waals surface area contributed by atoms with Gasteiger partial charge in [0.1, 0.15) is 0 Å². The monoisotopic (exact) mass is 159 g/mol. The normalized spacial score (nSPS) is 34.1. The standard InChI is InChI=1S/C8H17NO2/c1-9-3-7(5-10)2-8(4-9)6-11/h7-8,10-11H,2-6H2,1H3. The fourth-order valence-corrected chi connectivity index (χ4v) is 1.84. The lowest BCUT2D eigenvalue weighted by Gasteiger charge is -2.33. The molecule has 0 aromatic rings. The summed E-state index contributed by atoms with van der Waals surface area (Å²) in [7, 11) is 2.03. The lowest BCUT2D eigenvalue weighted by molar-refractivity contribution is 0.0721. The van der Waals surface area contributed by atoms with Gasteiger partial charge in [-0.25, -0.2) is 0 Å². The van der Waals surface area contributed by atoms with E-state index in [1.807, 2.05) is 7.05 Å². The number of likely N-dealkylation sites (tertiary alicyclic amines) is 1. The van der Waals surface area contributed by atoms with Crippen LogP contribution in [0.25, 0.3) is 0 Å².